The van der Waals surface area contributed by atoms with E-state index in [2.05, 4.69) is 9.97 Å². The number of hydrogen-bond donors (Lipinski definition) is 2. The molecule has 9 atom stereocenters. The number of esters is 3. The number of aromatic nitrogens is 2. The number of oxazole rings is 2. The summed E-state index contributed by atoms with van der Waals surface area (Å²) in [6, 6.07) is 0. The first kappa shape index (κ1) is 48.4. The largest absolute Gasteiger partial charge is 0.481 e. The predicted molar refractivity (Wildman–Crippen MR) is 228 cm³/mol. The van der Waals surface area contributed by atoms with Gasteiger partial charge in [-0.2, -0.15) is 0 Å². The maximum atomic E-state index is 13.7. The van der Waals surface area contributed by atoms with Crippen LogP contribution in [0.4, 0.5) is 0 Å². The van der Waals surface area contributed by atoms with Crippen LogP contribution in [-0.4, -0.2) is 106 Å². The van der Waals surface area contributed by atoms with E-state index in [0.29, 0.717) is 0 Å². The fourth-order valence-electron chi connectivity index (χ4n) is 6.68. The van der Waals surface area contributed by atoms with Crippen LogP contribution in [0.2, 0.25) is 0 Å². The highest BCUT2D eigenvalue weighted by Crippen LogP contribution is 2.36. The minimum Gasteiger partial charge on any atom is -0.481 e. The van der Waals surface area contributed by atoms with E-state index >= 15 is 0 Å². The molecule has 0 radical (unpaired) electrons. The van der Waals surface area contributed by atoms with Gasteiger partial charge in [0.2, 0.25) is 5.89 Å². The number of rotatable bonds is 11. The topological polar surface area (TPSA) is 223 Å². The second-order valence-electron chi connectivity index (χ2n) is 16.5. The van der Waals surface area contributed by atoms with Crippen LogP contribution < -0.4 is 0 Å². The molecule has 5 rings (SSSR count). The SMILES string of the molecule is C/C=C/[C@H](OC(=O)CCC(=O)O)C(C)(C)[C@@H]1C/C=C\[C@@H]2O[C@@H]2/C=C/C=C\c2nc(co2)C(=O)O[C@@H](C(C)(C)[C@@H](O)/C=C/C)C/C=C\C2OC2/C=C/[C@@H](OC)Cc2nc(co2)C(=O)O1. The van der Waals surface area contributed by atoms with Crippen molar-refractivity contribution in [3.63, 3.8) is 0 Å². The molecule has 0 aromatic carbocycles. The molecule has 2 saturated heterocycles. The summed E-state index contributed by atoms with van der Waals surface area (Å²) in [7, 11) is 1.53. The second kappa shape index (κ2) is 22.1. The van der Waals surface area contributed by atoms with Gasteiger partial charge in [-0.1, -0.05) is 101 Å². The van der Waals surface area contributed by atoms with Crippen LogP contribution in [0.5, 0.6) is 0 Å². The molecular formula is C47H58N2O14. The normalized spacial score (nSPS) is 28.6. The molecule has 2 unspecified atom stereocenters. The number of aliphatic carboxylic acids is 1. The summed E-state index contributed by atoms with van der Waals surface area (Å²) in [5, 5.41) is 20.0. The van der Waals surface area contributed by atoms with Gasteiger partial charge in [-0.25, -0.2) is 19.6 Å². The van der Waals surface area contributed by atoms with E-state index in [0.717, 1.165) is 0 Å². The summed E-state index contributed by atoms with van der Waals surface area (Å²) in [5.41, 5.74) is -1.98. The van der Waals surface area contributed by atoms with Crippen molar-refractivity contribution in [1.29, 1.82) is 0 Å². The predicted octanol–water partition coefficient (Wildman–Crippen LogP) is 6.88. The molecule has 2 N–H and O–H groups in total. The van der Waals surface area contributed by atoms with Crippen molar-refractivity contribution in [3.8, 4) is 0 Å². The summed E-state index contributed by atoms with van der Waals surface area (Å²) in [6.45, 7) is 10.8. The van der Waals surface area contributed by atoms with E-state index in [-0.39, 0.29) is 73.3 Å². The first-order valence-electron chi connectivity index (χ1n) is 20.9. The Balaban J connectivity index is 1.38. The number of carbonyl (C=O) groups is 4. The van der Waals surface area contributed by atoms with Gasteiger partial charge in [0.15, 0.2) is 17.3 Å². The molecule has 2 aromatic rings. The van der Waals surface area contributed by atoms with Crippen LogP contribution in [-0.2, 0) is 44.4 Å². The Kier molecular flexibility index (Phi) is 17.0. The molecule has 2 fully saturated rings. The van der Waals surface area contributed by atoms with Gasteiger partial charge in [-0.15, -0.1) is 0 Å². The molecule has 2 aromatic heterocycles. The van der Waals surface area contributed by atoms with Crippen molar-refractivity contribution in [3.05, 3.63) is 115 Å². The minimum absolute atomic E-state index is 0.0238. The Bertz CT molecular complexity index is 2100. The maximum absolute atomic E-state index is 13.7. The zero-order chi connectivity index (χ0) is 45.7. The number of ether oxygens (including phenoxy) is 6. The summed E-state index contributed by atoms with van der Waals surface area (Å²) in [6.07, 6.45) is 22.2. The summed E-state index contributed by atoms with van der Waals surface area (Å²) < 4.78 is 46.2. The quantitative estimate of drug-likeness (QED) is 0.102. The van der Waals surface area contributed by atoms with E-state index in [1.54, 1.807) is 70.2 Å². The molecule has 340 valence electrons. The molecule has 5 heterocycles. The number of hydrogen-bond acceptors (Lipinski definition) is 15. The third kappa shape index (κ3) is 13.9. The highest BCUT2D eigenvalue weighted by Gasteiger charge is 2.42. The summed E-state index contributed by atoms with van der Waals surface area (Å²) in [5.74, 6) is -2.89. The molecule has 16 heteroatoms. The third-order valence-corrected chi connectivity index (χ3v) is 11.0. The maximum Gasteiger partial charge on any atom is 0.360 e. The van der Waals surface area contributed by atoms with E-state index < -0.39 is 71.6 Å². The van der Waals surface area contributed by atoms with E-state index in [4.69, 9.17) is 42.4 Å². The van der Waals surface area contributed by atoms with Gasteiger partial charge in [0, 0.05) is 36.9 Å². The number of carboxylic acids is 1. The monoisotopic (exact) mass is 874 g/mol. The molecule has 4 bridgehead atoms. The average molecular weight is 875 g/mol. The van der Waals surface area contributed by atoms with Gasteiger partial charge >= 0.3 is 23.9 Å². The Morgan fingerprint density at radius 2 is 1.38 bits per heavy atom. The molecule has 0 spiro atoms. The summed E-state index contributed by atoms with van der Waals surface area (Å²) in [4.78, 5) is 59.5. The van der Waals surface area contributed by atoms with Crippen molar-refractivity contribution in [1.82, 2.24) is 9.97 Å². The van der Waals surface area contributed by atoms with Crippen molar-refractivity contribution in [2.45, 2.75) is 129 Å². The van der Waals surface area contributed by atoms with Gasteiger partial charge < -0.3 is 47.5 Å². The minimum atomic E-state index is -1.13. The van der Waals surface area contributed by atoms with Gasteiger partial charge in [0.1, 0.15) is 55.3 Å². The zero-order valence-electron chi connectivity index (χ0n) is 36.7. The molecule has 3 aliphatic rings. The highest BCUT2D eigenvalue weighted by molar-refractivity contribution is 5.87. The second-order valence-corrected chi connectivity index (χ2v) is 16.5. The number of nitrogens with zero attached hydrogens (tertiary/aromatic N) is 2. The molecule has 63 heavy (non-hydrogen) atoms. The van der Waals surface area contributed by atoms with Crippen LogP contribution >= 0.6 is 0 Å². The molecule has 0 saturated carbocycles. The van der Waals surface area contributed by atoms with Crippen LogP contribution in [0.15, 0.2) is 100 Å². The lowest BCUT2D eigenvalue weighted by Gasteiger charge is -2.38. The lowest BCUT2D eigenvalue weighted by atomic mass is 9.78. The number of methoxy groups -OCH3 is 1. The zero-order valence-corrected chi connectivity index (χ0v) is 36.7. The number of carbonyl (C=O) groups excluding carboxylic acids is 3. The van der Waals surface area contributed by atoms with Gasteiger partial charge in [-0.3, -0.25) is 9.59 Å². The lowest BCUT2D eigenvalue weighted by Crippen LogP contribution is -2.44. The van der Waals surface area contributed by atoms with Crippen LogP contribution in [0, 0.1) is 10.8 Å². The number of fused-ring (bicyclic) bond motifs is 6. The molecule has 16 nitrogen and oxygen atoms in total. The van der Waals surface area contributed by atoms with Crippen LogP contribution in [0.1, 0.15) is 100.0 Å². The van der Waals surface area contributed by atoms with Gasteiger partial charge in [0.05, 0.1) is 31.5 Å². The Labute approximate surface area is 367 Å². The summed E-state index contributed by atoms with van der Waals surface area (Å²) >= 11 is 0. The number of aliphatic hydroxyl groups is 1. The Morgan fingerprint density at radius 3 is 2.00 bits per heavy atom. The van der Waals surface area contributed by atoms with Crippen LogP contribution in [0.25, 0.3) is 6.08 Å². The number of cyclic esters (lactones) is 2. The first-order valence-corrected chi connectivity index (χ1v) is 20.9. The Hall–Kier alpha value is -5.68. The van der Waals surface area contributed by atoms with Crippen molar-refractivity contribution in [2.24, 2.45) is 10.8 Å². The van der Waals surface area contributed by atoms with Crippen LogP contribution in [0.3, 0.4) is 0 Å². The lowest BCUT2D eigenvalue weighted by molar-refractivity contribution is -0.158. The van der Waals surface area contributed by atoms with Crippen molar-refractivity contribution < 1.29 is 66.6 Å². The number of carboxylic acid groups (broad SMARTS) is 1. The van der Waals surface area contributed by atoms with E-state index in [9.17, 15) is 24.3 Å². The van der Waals surface area contributed by atoms with E-state index in [1.807, 2.05) is 56.4 Å². The fourth-order valence-corrected chi connectivity index (χ4v) is 6.68. The molecule has 0 aliphatic carbocycles. The third-order valence-electron chi connectivity index (χ3n) is 11.0. The first-order chi connectivity index (χ1) is 30.0. The van der Waals surface area contributed by atoms with Gasteiger partial charge in [-0.05, 0) is 19.9 Å². The number of epoxide rings is 2. The van der Waals surface area contributed by atoms with Gasteiger partial charge in [0.25, 0.3) is 0 Å². The van der Waals surface area contributed by atoms with Crippen molar-refractivity contribution >= 4 is 30.0 Å². The molecule has 3 aliphatic heterocycles. The Morgan fingerprint density at radius 1 is 0.794 bits per heavy atom. The smallest absolute Gasteiger partial charge is 0.360 e. The number of aliphatic hydroxyl groups excluding tert-OH is 1. The number of allylic oxidation sites excluding steroid dienone is 4. The molecular weight excluding hydrogens is 817 g/mol. The fraction of sp³-hybridized carbons (Fsp3) is 0.489. The van der Waals surface area contributed by atoms with Crippen molar-refractivity contribution in [2.75, 3.05) is 7.11 Å². The standard InChI is InChI=1S/C47H58N2O14/c1-8-14-36(50)46(3,4)38-19-12-18-34-35(60-34)23-22-29(56-7)26-41-49-31(28-58-41)45(55)63-39(47(5,6)37(15-9-2)61-43(53)25-24-42(51)52)20-13-17-33-32(59-33)16-10-11-21-40-48-30(27-57-40)44(54)62-38/h8-18,21-23,27-29,32-39,50H,19-20,24-26H2,1-7H3,(H,51,52)/b14-8+,15-9+,16-10+,17-13-,18-12-,21-11-,23-22+/t29-,32-,33+,34?,35?,36+,37+,38-,39+/m1/s1. The molecule has 0 amide bonds. The highest BCUT2D eigenvalue weighted by atomic mass is 16.6. The average Bonchev–Trinajstić information content (AvgIpc) is 4.04. The van der Waals surface area contributed by atoms with E-state index in [1.165, 1.54) is 19.6 Å².